The van der Waals surface area contributed by atoms with Crippen molar-refractivity contribution in [3.8, 4) is 11.5 Å². The van der Waals surface area contributed by atoms with Crippen LogP contribution in [0.1, 0.15) is 32.1 Å². The minimum atomic E-state index is -0.268. The average Bonchev–Trinajstić information content (AvgIpc) is 2.82. The molecule has 0 radical (unpaired) electrons. The van der Waals surface area contributed by atoms with E-state index < -0.39 is 0 Å². The smallest absolute Gasteiger partial charge is 0.519 e. The normalized spacial score (nSPS) is 19.4. The molecule has 0 amide bonds. The van der Waals surface area contributed by atoms with Gasteiger partial charge in [0.25, 0.3) is 0 Å². The molecule has 3 heteroatoms. The van der Waals surface area contributed by atoms with E-state index in [1.54, 1.807) is 0 Å². The fourth-order valence-electron chi connectivity index (χ4n) is 2.72. The lowest BCUT2D eigenvalue weighted by molar-refractivity contribution is 0.398. The fourth-order valence-corrected chi connectivity index (χ4v) is 2.72. The standard InChI is InChI=1S/C14H17BO2/c1-11(12-7-3-2-4-8-12)15-16-13-9-5-6-10-14(13)17-15/h5-6,9-10,12H,1-4,7-8H2. The summed E-state index contributed by atoms with van der Waals surface area (Å²) in [5.41, 5.74) is 1.11. The lowest BCUT2D eigenvalue weighted by atomic mass is 9.67. The molecule has 88 valence electrons. The molecule has 2 nitrogen and oxygen atoms in total. The average molecular weight is 228 g/mol. The van der Waals surface area contributed by atoms with E-state index in [0.717, 1.165) is 17.0 Å². The third-order valence-electron chi connectivity index (χ3n) is 3.75. The molecule has 0 unspecified atom stereocenters. The molecule has 1 aromatic rings. The molecular weight excluding hydrogens is 211 g/mol. The molecule has 3 rings (SSSR count). The first-order valence-corrected chi connectivity index (χ1v) is 6.45. The van der Waals surface area contributed by atoms with Crippen molar-refractivity contribution in [3.63, 3.8) is 0 Å². The van der Waals surface area contributed by atoms with E-state index >= 15 is 0 Å². The highest BCUT2D eigenvalue weighted by atomic mass is 16.6. The van der Waals surface area contributed by atoms with Crippen LogP contribution in [0.2, 0.25) is 0 Å². The second kappa shape index (κ2) is 4.48. The highest BCUT2D eigenvalue weighted by Crippen LogP contribution is 2.37. The highest BCUT2D eigenvalue weighted by Gasteiger charge is 2.38. The monoisotopic (exact) mass is 228 g/mol. The molecular formula is C14H17BO2. The number of benzene rings is 1. The first-order valence-electron chi connectivity index (χ1n) is 6.45. The van der Waals surface area contributed by atoms with Gasteiger partial charge in [-0.3, -0.25) is 0 Å². The van der Waals surface area contributed by atoms with Gasteiger partial charge in [-0.15, -0.1) is 6.58 Å². The van der Waals surface area contributed by atoms with Crippen molar-refractivity contribution in [2.24, 2.45) is 5.92 Å². The SMILES string of the molecule is C=C(B1Oc2ccccc2O1)C1CCCCC1. The molecule has 1 heterocycles. The molecule has 0 bridgehead atoms. The van der Waals surface area contributed by atoms with Crippen LogP contribution in [0.5, 0.6) is 11.5 Å². The summed E-state index contributed by atoms with van der Waals surface area (Å²) < 4.78 is 11.6. The van der Waals surface area contributed by atoms with Gasteiger partial charge in [0.15, 0.2) is 0 Å². The molecule has 1 fully saturated rings. The molecule has 1 aromatic carbocycles. The highest BCUT2D eigenvalue weighted by molar-refractivity contribution is 6.56. The Labute approximate surface area is 103 Å². The van der Waals surface area contributed by atoms with Gasteiger partial charge >= 0.3 is 7.12 Å². The number of hydrogen-bond acceptors (Lipinski definition) is 2. The number of hydrogen-bond donors (Lipinski definition) is 0. The van der Waals surface area contributed by atoms with Crippen molar-refractivity contribution in [3.05, 3.63) is 36.3 Å². The first kappa shape index (κ1) is 10.8. The summed E-state index contributed by atoms with van der Waals surface area (Å²) in [4.78, 5) is 0. The van der Waals surface area contributed by atoms with Crippen LogP contribution in [0.4, 0.5) is 0 Å². The molecule has 17 heavy (non-hydrogen) atoms. The molecule has 0 N–H and O–H groups in total. The summed E-state index contributed by atoms with van der Waals surface area (Å²) in [5.74, 6) is 2.26. The van der Waals surface area contributed by atoms with Crippen molar-refractivity contribution in [1.29, 1.82) is 0 Å². The largest absolute Gasteiger partial charge is 0.628 e. The van der Waals surface area contributed by atoms with E-state index in [1.165, 1.54) is 32.1 Å². The van der Waals surface area contributed by atoms with Crippen molar-refractivity contribution >= 4 is 7.12 Å². The number of allylic oxidation sites excluding steroid dienone is 1. The van der Waals surface area contributed by atoms with Gasteiger partial charge in [-0.25, -0.2) is 0 Å². The molecule has 1 aliphatic carbocycles. The minimum Gasteiger partial charge on any atom is -0.519 e. The number of para-hydroxylation sites is 2. The lowest BCUT2D eigenvalue weighted by Gasteiger charge is -2.23. The Morgan fingerprint density at radius 1 is 1.06 bits per heavy atom. The van der Waals surface area contributed by atoms with Gasteiger partial charge in [0.1, 0.15) is 11.5 Å². The predicted molar refractivity (Wildman–Crippen MR) is 69.2 cm³/mol. The van der Waals surface area contributed by atoms with Crippen LogP contribution in [-0.2, 0) is 0 Å². The third-order valence-corrected chi connectivity index (χ3v) is 3.75. The van der Waals surface area contributed by atoms with Gasteiger partial charge in [-0.05, 0) is 36.4 Å². The molecule has 1 saturated carbocycles. The summed E-state index contributed by atoms with van der Waals surface area (Å²) in [6.45, 7) is 4.19. The summed E-state index contributed by atoms with van der Waals surface area (Å²) >= 11 is 0. The topological polar surface area (TPSA) is 18.5 Å². The first-order chi connectivity index (χ1) is 8.34. The summed E-state index contributed by atoms with van der Waals surface area (Å²) in [6, 6.07) is 7.83. The van der Waals surface area contributed by atoms with Crippen LogP contribution < -0.4 is 9.31 Å². The maximum atomic E-state index is 5.80. The van der Waals surface area contributed by atoms with E-state index in [0.29, 0.717) is 5.92 Å². The number of rotatable bonds is 2. The summed E-state index contributed by atoms with van der Waals surface area (Å²) in [5, 5.41) is 0. The molecule has 2 aliphatic rings. The van der Waals surface area contributed by atoms with Gasteiger partial charge in [-0.2, -0.15) is 0 Å². The predicted octanol–water partition coefficient (Wildman–Crippen LogP) is 3.62. The van der Waals surface area contributed by atoms with E-state index in [9.17, 15) is 0 Å². The Bertz CT molecular complexity index is 399. The van der Waals surface area contributed by atoms with Crippen LogP contribution in [0.25, 0.3) is 0 Å². The van der Waals surface area contributed by atoms with Gasteiger partial charge in [-0.1, -0.05) is 31.4 Å². The van der Waals surface area contributed by atoms with E-state index in [4.69, 9.17) is 9.31 Å². The Morgan fingerprint density at radius 2 is 1.65 bits per heavy atom. The second-order valence-electron chi connectivity index (χ2n) is 4.92. The molecule has 1 aliphatic heterocycles. The van der Waals surface area contributed by atoms with Crippen LogP contribution in [0.3, 0.4) is 0 Å². The van der Waals surface area contributed by atoms with Crippen LogP contribution in [0.15, 0.2) is 36.3 Å². The zero-order valence-electron chi connectivity index (χ0n) is 10.0. The molecule has 0 saturated heterocycles. The van der Waals surface area contributed by atoms with Gasteiger partial charge in [0.05, 0.1) is 0 Å². The Morgan fingerprint density at radius 3 is 2.24 bits per heavy atom. The van der Waals surface area contributed by atoms with E-state index in [-0.39, 0.29) is 7.12 Å². The fraction of sp³-hybridized carbons (Fsp3) is 0.429. The maximum Gasteiger partial charge on any atom is 0.628 e. The number of fused-ring (bicyclic) bond motifs is 1. The summed E-state index contributed by atoms with van der Waals surface area (Å²) in [7, 11) is -0.268. The van der Waals surface area contributed by atoms with Crippen molar-refractivity contribution < 1.29 is 9.31 Å². The molecule has 0 spiro atoms. The zero-order chi connectivity index (χ0) is 11.7. The van der Waals surface area contributed by atoms with Crippen molar-refractivity contribution in [1.82, 2.24) is 0 Å². The van der Waals surface area contributed by atoms with Crippen LogP contribution >= 0.6 is 0 Å². The Balaban J connectivity index is 1.69. The van der Waals surface area contributed by atoms with E-state index in [2.05, 4.69) is 6.58 Å². The third kappa shape index (κ3) is 2.06. The van der Waals surface area contributed by atoms with Gasteiger partial charge in [0, 0.05) is 0 Å². The molecule has 0 atom stereocenters. The van der Waals surface area contributed by atoms with Gasteiger partial charge in [0.2, 0.25) is 0 Å². The zero-order valence-corrected chi connectivity index (χ0v) is 10.0. The minimum absolute atomic E-state index is 0.268. The quantitative estimate of drug-likeness (QED) is 0.719. The van der Waals surface area contributed by atoms with Crippen molar-refractivity contribution in [2.75, 3.05) is 0 Å². The summed E-state index contributed by atoms with van der Waals surface area (Å²) in [6.07, 6.45) is 6.44. The molecule has 0 aromatic heterocycles. The van der Waals surface area contributed by atoms with Gasteiger partial charge < -0.3 is 9.31 Å². The van der Waals surface area contributed by atoms with Crippen molar-refractivity contribution in [2.45, 2.75) is 32.1 Å². The van der Waals surface area contributed by atoms with Crippen LogP contribution in [-0.4, -0.2) is 7.12 Å². The second-order valence-corrected chi connectivity index (χ2v) is 4.92. The Hall–Kier alpha value is -1.38. The Kier molecular flexibility index (Phi) is 2.83. The van der Waals surface area contributed by atoms with E-state index in [1.807, 2.05) is 24.3 Å². The maximum absolute atomic E-state index is 5.80. The van der Waals surface area contributed by atoms with Crippen LogP contribution in [0, 0.1) is 5.92 Å². The lowest BCUT2D eigenvalue weighted by Crippen LogP contribution is -2.31.